The highest BCUT2D eigenvalue weighted by Crippen LogP contribution is 2.30. The van der Waals surface area contributed by atoms with Gasteiger partial charge in [0.2, 0.25) is 0 Å². The van der Waals surface area contributed by atoms with Crippen LogP contribution in [0.2, 0.25) is 4.47 Å². The number of aromatic nitrogens is 1. The first kappa shape index (κ1) is 10.7. The quantitative estimate of drug-likeness (QED) is 0.717. The summed E-state index contributed by atoms with van der Waals surface area (Å²) >= 11 is 7.42. The van der Waals surface area contributed by atoms with Crippen LogP contribution in [0.4, 0.5) is 0 Å². The number of rotatable bonds is 1. The number of thiazole rings is 1. The van der Waals surface area contributed by atoms with Crippen LogP contribution < -0.4 is 0 Å². The molecular formula is C12H12ClNS. The van der Waals surface area contributed by atoms with Gasteiger partial charge in [0.25, 0.3) is 0 Å². The predicted octanol–water partition coefficient (Wildman–Crippen LogP) is 4.39. The number of hydrogen-bond acceptors (Lipinski definition) is 2. The molecule has 78 valence electrons. The SMILES string of the molecule is Cc1ccc(-c2nc(Cl)sc2C)cc1C. The summed E-state index contributed by atoms with van der Waals surface area (Å²) in [5.74, 6) is 0. The summed E-state index contributed by atoms with van der Waals surface area (Å²) in [6, 6.07) is 6.38. The Bertz CT molecular complexity index is 502. The molecule has 1 nitrogen and oxygen atoms in total. The lowest BCUT2D eigenvalue weighted by molar-refractivity contribution is 1.31. The standard InChI is InChI=1S/C12H12ClNS/c1-7-4-5-10(6-8(7)2)11-9(3)15-12(13)14-11/h4-6H,1-3H3. The Morgan fingerprint density at radius 3 is 2.40 bits per heavy atom. The zero-order valence-electron chi connectivity index (χ0n) is 8.97. The van der Waals surface area contributed by atoms with Gasteiger partial charge in [-0.1, -0.05) is 23.7 Å². The molecule has 1 aromatic carbocycles. The first-order chi connectivity index (χ1) is 7.08. The summed E-state index contributed by atoms with van der Waals surface area (Å²) in [4.78, 5) is 5.50. The van der Waals surface area contributed by atoms with Crippen molar-refractivity contribution in [2.75, 3.05) is 0 Å². The number of nitrogens with zero attached hydrogens (tertiary/aromatic N) is 1. The van der Waals surface area contributed by atoms with Gasteiger partial charge >= 0.3 is 0 Å². The van der Waals surface area contributed by atoms with E-state index in [0.717, 1.165) is 11.3 Å². The lowest BCUT2D eigenvalue weighted by Gasteiger charge is -2.03. The van der Waals surface area contributed by atoms with E-state index in [4.69, 9.17) is 11.6 Å². The van der Waals surface area contributed by atoms with Crippen molar-refractivity contribution in [3.63, 3.8) is 0 Å². The Labute approximate surface area is 98.7 Å². The van der Waals surface area contributed by atoms with E-state index < -0.39 is 0 Å². The van der Waals surface area contributed by atoms with Crippen LogP contribution in [0, 0.1) is 20.8 Å². The van der Waals surface area contributed by atoms with Crippen LogP contribution in [0.1, 0.15) is 16.0 Å². The third-order valence-corrected chi connectivity index (χ3v) is 3.63. The van der Waals surface area contributed by atoms with Crippen LogP contribution in [0.15, 0.2) is 18.2 Å². The molecule has 0 radical (unpaired) electrons. The predicted molar refractivity (Wildman–Crippen MR) is 66.8 cm³/mol. The van der Waals surface area contributed by atoms with Gasteiger partial charge in [0, 0.05) is 10.4 Å². The molecule has 2 rings (SSSR count). The van der Waals surface area contributed by atoms with Gasteiger partial charge in [0.1, 0.15) is 0 Å². The number of halogens is 1. The van der Waals surface area contributed by atoms with Crippen LogP contribution in [-0.4, -0.2) is 4.98 Å². The van der Waals surface area contributed by atoms with E-state index >= 15 is 0 Å². The van der Waals surface area contributed by atoms with E-state index in [1.54, 1.807) is 0 Å². The number of benzene rings is 1. The van der Waals surface area contributed by atoms with Gasteiger partial charge in [-0.25, -0.2) is 4.98 Å². The third kappa shape index (κ3) is 2.06. The van der Waals surface area contributed by atoms with Crippen molar-refractivity contribution in [1.29, 1.82) is 0 Å². The van der Waals surface area contributed by atoms with Gasteiger partial charge in [0.05, 0.1) is 5.69 Å². The maximum atomic E-state index is 5.89. The minimum Gasteiger partial charge on any atom is -0.225 e. The first-order valence-corrected chi connectivity index (χ1v) is 5.98. The molecule has 15 heavy (non-hydrogen) atoms. The smallest absolute Gasteiger partial charge is 0.184 e. The topological polar surface area (TPSA) is 12.9 Å². The molecule has 0 unspecified atom stereocenters. The molecule has 0 saturated carbocycles. The van der Waals surface area contributed by atoms with E-state index in [0.29, 0.717) is 4.47 Å². The summed E-state index contributed by atoms with van der Waals surface area (Å²) in [7, 11) is 0. The third-order valence-electron chi connectivity index (χ3n) is 2.55. The molecular weight excluding hydrogens is 226 g/mol. The molecule has 0 fully saturated rings. The van der Waals surface area contributed by atoms with Crippen molar-refractivity contribution < 1.29 is 0 Å². The summed E-state index contributed by atoms with van der Waals surface area (Å²) in [5.41, 5.74) is 4.75. The molecule has 0 saturated heterocycles. The highest BCUT2D eigenvalue weighted by Gasteiger charge is 2.08. The van der Waals surface area contributed by atoms with Gasteiger partial charge in [-0.05, 0) is 38.0 Å². The minimum absolute atomic E-state index is 0.612. The molecule has 0 N–H and O–H groups in total. The van der Waals surface area contributed by atoms with Crippen LogP contribution in [0.5, 0.6) is 0 Å². The van der Waals surface area contributed by atoms with E-state index in [1.807, 2.05) is 6.92 Å². The van der Waals surface area contributed by atoms with Crippen molar-refractivity contribution in [2.24, 2.45) is 0 Å². The Hall–Kier alpha value is -0.860. The van der Waals surface area contributed by atoms with E-state index in [-0.39, 0.29) is 0 Å². The van der Waals surface area contributed by atoms with E-state index in [9.17, 15) is 0 Å². The molecule has 1 aromatic heterocycles. The average molecular weight is 238 g/mol. The maximum absolute atomic E-state index is 5.89. The van der Waals surface area contributed by atoms with E-state index in [2.05, 4.69) is 37.0 Å². The number of hydrogen-bond donors (Lipinski definition) is 0. The molecule has 0 amide bonds. The van der Waals surface area contributed by atoms with E-state index in [1.165, 1.54) is 27.3 Å². The monoisotopic (exact) mass is 237 g/mol. The van der Waals surface area contributed by atoms with Gasteiger partial charge in [-0.3, -0.25) is 0 Å². The van der Waals surface area contributed by atoms with Crippen LogP contribution in [0.3, 0.4) is 0 Å². The second-order valence-corrected chi connectivity index (χ2v) is 5.46. The fourth-order valence-electron chi connectivity index (χ4n) is 1.52. The second kappa shape index (κ2) is 3.95. The fraction of sp³-hybridized carbons (Fsp3) is 0.250. The number of aryl methyl sites for hydroxylation is 3. The lowest BCUT2D eigenvalue weighted by atomic mass is 10.0. The lowest BCUT2D eigenvalue weighted by Crippen LogP contribution is -1.85. The largest absolute Gasteiger partial charge is 0.225 e. The summed E-state index contributed by atoms with van der Waals surface area (Å²) < 4.78 is 0.612. The van der Waals surface area contributed by atoms with Gasteiger partial charge in [0.15, 0.2) is 4.47 Å². The Morgan fingerprint density at radius 1 is 1.13 bits per heavy atom. The molecule has 0 spiro atoms. The zero-order chi connectivity index (χ0) is 11.0. The Morgan fingerprint density at radius 2 is 1.87 bits per heavy atom. The molecule has 0 aliphatic heterocycles. The zero-order valence-corrected chi connectivity index (χ0v) is 10.5. The second-order valence-electron chi connectivity index (χ2n) is 3.67. The first-order valence-electron chi connectivity index (χ1n) is 4.78. The van der Waals surface area contributed by atoms with Crippen LogP contribution in [-0.2, 0) is 0 Å². The summed E-state index contributed by atoms with van der Waals surface area (Å²) in [5, 5.41) is 0. The van der Waals surface area contributed by atoms with Crippen molar-refractivity contribution >= 4 is 22.9 Å². The maximum Gasteiger partial charge on any atom is 0.184 e. The highest BCUT2D eigenvalue weighted by molar-refractivity contribution is 7.16. The molecule has 3 heteroatoms. The molecule has 0 aliphatic rings. The van der Waals surface area contributed by atoms with Crippen LogP contribution in [0.25, 0.3) is 11.3 Å². The molecule has 1 heterocycles. The average Bonchev–Trinajstić information content (AvgIpc) is 2.50. The van der Waals surface area contributed by atoms with Gasteiger partial charge < -0.3 is 0 Å². The van der Waals surface area contributed by atoms with Crippen molar-refractivity contribution in [3.8, 4) is 11.3 Å². The highest BCUT2D eigenvalue weighted by atomic mass is 35.5. The van der Waals surface area contributed by atoms with Crippen LogP contribution >= 0.6 is 22.9 Å². The Balaban J connectivity index is 2.54. The van der Waals surface area contributed by atoms with Crippen molar-refractivity contribution in [1.82, 2.24) is 4.98 Å². The summed E-state index contributed by atoms with van der Waals surface area (Å²) in [6.07, 6.45) is 0. The molecule has 0 bridgehead atoms. The minimum atomic E-state index is 0.612. The Kier molecular flexibility index (Phi) is 2.81. The molecule has 0 aliphatic carbocycles. The molecule has 2 aromatic rings. The normalized spacial score (nSPS) is 10.7. The van der Waals surface area contributed by atoms with Gasteiger partial charge in [-0.15, -0.1) is 11.3 Å². The van der Waals surface area contributed by atoms with Crippen molar-refractivity contribution in [3.05, 3.63) is 38.7 Å². The summed E-state index contributed by atoms with van der Waals surface area (Å²) in [6.45, 7) is 6.27. The van der Waals surface area contributed by atoms with Gasteiger partial charge in [-0.2, -0.15) is 0 Å². The van der Waals surface area contributed by atoms with Crippen molar-refractivity contribution in [2.45, 2.75) is 20.8 Å². The fourth-order valence-corrected chi connectivity index (χ4v) is 2.60. The molecule has 0 atom stereocenters.